The first-order valence-electron chi connectivity index (χ1n) is 8.21. The van der Waals surface area contributed by atoms with Crippen molar-refractivity contribution in [2.24, 2.45) is 0 Å². The topological polar surface area (TPSA) is 9.23 Å². The lowest BCUT2D eigenvalue weighted by molar-refractivity contribution is 0.306. The van der Waals surface area contributed by atoms with Crippen molar-refractivity contribution in [3.8, 4) is 5.75 Å². The number of hydrogen-bond acceptors (Lipinski definition) is 1. The van der Waals surface area contributed by atoms with E-state index in [1.165, 1.54) is 48.0 Å². The van der Waals surface area contributed by atoms with Crippen molar-refractivity contribution in [2.75, 3.05) is 18.1 Å². The summed E-state index contributed by atoms with van der Waals surface area (Å²) in [7, 11) is 0.509. The van der Waals surface area contributed by atoms with Crippen molar-refractivity contribution in [1.29, 1.82) is 0 Å². The van der Waals surface area contributed by atoms with Gasteiger partial charge in [0.05, 0.1) is 6.61 Å². The molecule has 0 amide bonds. The fourth-order valence-electron chi connectivity index (χ4n) is 2.90. The van der Waals surface area contributed by atoms with Gasteiger partial charge in [-0.15, -0.1) is 0 Å². The molecule has 0 bridgehead atoms. The van der Waals surface area contributed by atoms with Crippen LogP contribution in [-0.4, -0.2) is 18.1 Å². The molecular formula is C19H25OS+. The molecule has 1 heterocycles. The highest BCUT2D eigenvalue weighted by Gasteiger charge is 2.26. The highest BCUT2D eigenvalue weighted by atomic mass is 32.2. The van der Waals surface area contributed by atoms with Crippen molar-refractivity contribution < 1.29 is 4.74 Å². The average Bonchev–Trinajstić information content (AvgIpc) is 3.05. The highest BCUT2D eigenvalue weighted by molar-refractivity contribution is 7.97. The Kier molecular flexibility index (Phi) is 5.08. The van der Waals surface area contributed by atoms with Crippen LogP contribution in [0.1, 0.15) is 39.0 Å². The van der Waals surface area contributed by atoms with Crippen LogP contribution in [0.3, 0.4) is 0 Å². The summed E-state index contributed by atoms with van der Waals surface area (Å²) in [5.41, 5.74) is 0. The number of rotatable bonds is 6. The van der Waals surface area contributed by atoms with E-state index in [1.54, 1.807) is 4.90 Å². The summed E-state index contributed by atoms with van der Waals surface area (Å²) in [6, 6.07) is 13.5. The van der Waals surface area contributed by atoms with Gasteiger partial charge < -0.3 is 4.74 Å². The molecule has 0 aliphatic carbocycles. The number of benzene rings is 2. The summed E-state index contributed by atoms with van der Waals surface area (Å²) >= 11 is 0. The number of fused-ring (bicyclic) bond motifs is 1. The summed E-state index contributed by atoms with van der Waals surface area (Å²) in [4.78, 5) is 1.55. The lowest BCUT2D eigenvalue weighted by Gasteiger charge is -2.08. The number of hydrogen-bond donors (Lipinski definition) is 0. The second-order valence-electron chi connectivity index (χ2n) is 5.83. The van der Waals surface area contributed by atoms with E-state index in [2.05, 4.69) is 43.3 Å². The maximum absolute atomic E-state index is 5.85. The van der Waals surface area contributed by atoms with Gasteiger partial charge >= 0.3 is 0 Å². The lowest BCUT2D eigenvalue weighted by atomic mass is 10.1. The second kappa shape index (κ2) is 7.22. The Morgan fingerprint density at radius 2 is 1.71 bits per heavy atom. The van der Waals surface area contributed by atoms with Crippen molar-refractivity contribution in [1.82, 2.24) is 0 Å². The first-order valence-corrected chi connectivity index (χ1v) is 9.77. The Morgan fingerprint density at radius 1 is 0.952 bits per heavy atom. The molecule has 1 fully saturated rings. The average molecular weight is 301 g/mol. The van der Waals surface area contributed by atoms with Crippen LogP contribution < -0.4 is 4.74 Å². The molecule has 0 unspecified atom stereocenters. The fraction of sp³-hybridized carbons (Fsp3) is 0.474. The van der Waals surface area contributed by atoms with E-state index in [1.807, 2.05) is 0 Å². The van der Waals surface area contributed by atoms with Gasteiger partial charge in [0.25, 0.3) is 0 Å². The maximum atomic E-state index is 5.85. The predicted molar refractivity (Wildman–Crippen MR) is 93.6 cm³/mol. The van der Waals surface area contributed by atoms with Crippen LogP contribution >= 0.6 is 0 Å². The molecule has 3 rings (SSSR count). The van der Waals surface area contributed by atoms with Gasteiger partial charge in [-0.1, -0.05) is 25.8 Å². The summed E-state index contributed by atoms with van der Waals surface area (Å²) in [5.74, 6) is 3.79. The van der Waals surface area contributed by atoms with E-state index in [-0.39, 0.29) is 0 Å². The third-order valence-electron chi connectivity index (χ3n) is 4.16. The van der Waals surface area contributed by atoms with Crippen molar-refractivity contribution in [3.63, 3.8) is 0 Å². The minimum absolute atomic E-state index is 0.509. The van der Waals surface area contributed by atoms with E-state index >= 15 is 0 Å². The van der Waals surface area contributed by atoms with Crippen LogP contribution in [0, 0.1) is 0 Å². The molecule has 1 nitrogen and oxygen atoms in total. The molecule has 1 saturated heterocycles. The van der Waals surface area contributed by atoms with Gasteiger partial charge in [0.1, 0.15) is 17.3 Å². The molecule has 0 N–H and O–H groups in total. The quantitative estimate of drug-likeness (QED) is 0.527. The molecule has 112 valence electrons. The van der Waals surface area contributed by atoms with Gasteiger partial charge in [-0.25, -0.2) is 0 Å². The van der Waals surface area contributed by atoms with Crippen LogP contribution in [0.4, 0.5) is 0 Å². The van der Waals surface area contributed by atoms with Crippen LogP contribution in [-0.2, 0) is 10.9 Å². The van der Waals surface area contributed by atoms with Gasteiger partial charge in [0.2, 0.25) is 0 Å². The lowest BCUT2D eigenvalue weighted by Crippen LogP contribution is -2.03. The van der Waals surface area contributed by atoms with Crippen LogP contribution in [0.2, 0.25) is 0 Å². The molecule has 0 saturated carbocycles. The van der Waals surface area contributed by atoms with E-state index in [0.29, 0.717) is 10.9 Å². The van der Waals surface area contributed by atoms with Gasteiger partial charge in [0.15, 0.2) is 4.90 Å². The van der Waals surface area contributed by atoms with Crippen molar-refractivity contribution in [2.45, 2.75) is 43.9 Å². The minimum atomic E-state index is 0.509. The van der Waals surface area contributed by atoms with Crippen LogP contribution in [0.5, 0.6) is 5.75 Å². The predicted octanol–water partition coefficient (Wildman–Crippen LogP) is 5.18. The fourth-order valence-corrected chi connectivity index (χ4v) is 5.24. The molecule has 2 aromatic rings. The zero-order valence-corrected chi connectivity index (χ0v) is 13.8. The zero-order valence-electron chi connectivity index (χ0n) is 12.9. The Bertz CT molecular complexity index is 587. The Morgan fingerprint density at radius 3 is 2.52 bits per heavy atom. The normalized spacial score (nSPS) is 15.7. The standard InChI is InChI=1S/C19H25OS/c1-2-3-4-11-20-18-9-7-17-15-19(10-8-16(17)14-18)21-12-5-6-13-21/h7-10,14-15H,2-6,11-13H2,1H3/q+1. The Labute approximate surface area is 131 Å². The van der Waals surface area contributed by atoms with Crippen molar-refractivity contribution in [3.05, 3.63) is 36.4 Å². The molecule has 1 aliphatic heterocycles. The summed E-state index contributed by atoms with van der Waals surface area (Å²) in [6.45, 7) is 3.06. The molecular weight excluding hydrogens is 276 g/mol. The van der Waals surface area contributed by atoms with E-state index in [0.717, 1.165) is 18.8 Å². The molecule has 2 aromatic carbocycles. The van der Waals surface area contributed by atoms with Crippen LogP contribution in [0.25, 0.3) is 10.8 Å². The summed E-state index contributed by atoms with van der Waals surface area (Å²) < 4.78 is 5.85. The van der Waals surface area contributed by atoms with E-state index in [4.69, 9.17) is 4.74 Å². The monoisotopic (exact) mass is 301 g/mol. The maximum Gasteiger partial charge on any atom is 0.155 e. The van der Waals surface area contributed by atoms with Gasteiger partial charge in [-0.05, 0) is 54.3 Å². The second-order valence-corrected chi connectivity index (χ2v) is 8.11. The molecule has 0 aromatic heterocycles. The number of ether oxygens (including phenoxy) is 1. The SMILES string of the molecule is CCCCCOc1ccc2cc([S+]3CCCC3)ccc2c1. The Hall–Kier alpha value is -1.15. The van der Waals surface area contributed by atoms with Gasteiger partial charge in [-0.2, -0.15) is 0 Å². The van der Waals surface area contributed by atoms with E-state index in [9.17, 15) is 0 Å². The Balaban J connectivity index is 1.71. The minimum Gasteiger partial charge on any atom is -0.494 e. The first kappa shape index (κ1) is 14.8. The molecule has 2 heteroatoms. The van der Waals surface area contributed by atoms with Gasteiger partial charge in [0, 0.05) is 17.0 Å². The molecule has 0 radical (unpaired) electrons. The van der Waals surface area contributed by atoms with Crippen LogP contribution in [0.15, 0.2) is 41.3 Å². The van der Waals surface area contributed by atoms with E-state index < -0.39 is 0 Å². The summed E-state index contributed by atoms with van der Waals surface area (Å²) in [5, 5.41) is 2.65. The highest BCUT2D eigenvalue weighted by Crippen LogP contribution is 2.28. The number of unbranched alkanes of at least 4 members (excludes halogenated alkanes) is 2. The van der Waals surface area contributed by atoms with Gasteiger partial charge in [-0.3, -0.25) is 0 Å². The molecule has 0 atom stereocenters. The molecule has 21 heavy (non-hydrogen) atoms. The molecule has 1 aliphatic rings. The smallest absolute Gasteiger partial charge is 0.155 e. The van der Waals surface area contributed by atoms with Crippen molar-refractivity contribution >= 4 is 21.7 Å². The summed E-state index contributed by atoms with van der Waals surface area (Å²) in [6.07, 6.45) is 6.46. The third-order valence-corrected chi connectivity index (χ3v) is 6.65. The first-order chi connectivity index (χ1) is 10.4. The third kappa shape index (κ3) is 3.74. The molecule has 0 spiro atoms. The zero-order chi connectivity index (χ0) is 14.5. The largest absolute Gasteiger partial charge is 0.494 e.